The maximum Gasteiger partial charge on any atom is 0.242 e. The van der Waals surface area contributed by atoms with E-state index in [2.05, 4.69) is 14.8 Å². The predicted molar refractivity (Wildman–Crippen MR) is 112 cm³/mol. The van der Waals surface area contributed by atoms with Crippen LogP contribution >= 0.6 is 34.5 Å². The number of halogens is 3. The summed E-state index contributed by atoms with van der Waals surface area (Å²) in [6, 6.07) is 10.3. The van der Waals surface area contributed by atoms with Crippen molar-refractivity contribution in [2.75, 3.05) is 6.54 Å². The molecule has 11 heteroatoms. The van der Waals surface area contributed by atoms with Gasteiger partial charge in [-0.15, -0.1) is 16.4 Å². The molecule has 0 saturated heterocycles. The maximum atomic E-state index is 13.4. The second kappa shape index (κ2) is 8.00. The van der Waals surface area contributed by atoms with Gasteiger partial charge in [0.1, 0.15) is 10.7 Å². The molecule has 0 radical (unpaired) electrons. The van der Waals surface area contributed by atoms with Crippen molar-refractivity contribution >= 4 is 49.5 Å². The zero-order valence-electron chi connectivity index (χ0n) is 14.6. The summed E-state index contributed by atoms with van der Waals surface area (Å²) in [7, 11) is -3.81. The van der Waals surface area contributed by atoms with Gasteiger partial charge < -0.3 is 0 Å². The molecule has 0 spiro atoms. The van der Waals surface area contributed by atoms with Crippen LogP contribution in [0.3, 0.4) is 0 Å². The van der Waals surface area contributed by atoms with E-state index in [1.165, 1.54) is 41.7 Å². The molecule has 2 aromatic carbocycles. The molecule has 0 unspecified atom stereocenters. The van der Waals surface area contributed by atoms with Crippen LogP contribution < -0.4 is 4.72 Å². The number of aromatic nitrogens is 3. The van der Waals surface area contributed by atoms with E-state index in [-0.39, 0.29) is 27.3 Å². The van der Waals surface area contributed by atoms with Gasteiger partial charge in [-0.1, -0.05) is 35.3 Å². The van der Waals surface area contributed by atoms with Crippen molar-refractivity contribution in [1.82, 2.24) is 19.3 Å². The second-order valence-electron chi connectivity index (χ2n) is 6.09. The van der Waals surface area contributed by atoms with Gasteiger partial charge >= 0.3 is 0 Å². The Balaban J connectivity index is 1.51. The van der Waals surface area contributed by atoms with Crippen LogP contribution in [0.4, 0.5) is 4.39 Å². The first-order chi connectivity index (χ1) is 13.8. The van der Waals surface area contributed by atoms with E-state index >= 15 is 0 Å². The molecule has 2 heterocycles. The van der Waals surface area contributed by atoms with Crippen molar-refractivity contribution < 1.29 is 12.8 Å². The zero-order chi connectivity index (χ0) is 20.6. The van der Waals surface area contributed by atoms with Gasteiger partial charge in [-0.25, -0.2) is 22.0 Å². The first kappa shape index (κ1) is 20.2. The van der Waals surface area contributed by atoms with E-state index < -0.39 is 10.0 Å². The summed E-state index contributed by atoms with van der Waals surface area (Å²) < 4.78 is 42.6. The van der Waals surface area contributed by atoms with Gasteiger partial charge in [0.05, 0.1) is 10.7 Å². The van der Waals surface area contributed by atoms with Crippen molar-refractivity contribution in [2.24, 2.45) is 0 Å². The first-order valence-electron chi connectivity index (χ1n) is 8.37. The normalized spacial score (nSPS) is 12.0. The van der Waals surface area contributed by atoms with Gasteiger partial charge in [-0.3, -0.25) is 0 Å². The molecule has 0 fully saturated rings. The molecule has 0 atom stereocenters. The molecule has 150 valence electrons. The summed E-state index contributed by atoms with van der Waals surface area (Å²) in [5.41, 5.74) is 1.35. The molecule has 0 amide bonds. The van der Waals surface area contributed by atoms with Crippen LogP contribution in [0.25, 0.3) is 16.3 Å². The van der Waals surface area contributed by atoms with Crippen LogP contribution in [0, 0.1) is 5.82 Å². The van der Waals surface area contributed by atoms with Crippen molar-refractivity contribution in [3.63, 3.8) is 0 Å². The summed E-state index contributed by atoms with van der Waals surface area (Å²) in [4.78, 5) is 4.97. The molecule has 4 aromatic rings. The molecule has 0 aliphatic carbocycles. The summed E-state index contributed by atoms with van der Waals surface area (Å²) in [6.07, 6.45) is 0.378. The van der Waals surface area contributed by atoms with Gasteiger partial charge in [-0.2, -0.15) is 4.98 Å². The molecule has 0 saturated carbocycles. The van der Waals surface area contributed by atoms with Crippen LogP contribution in [0.15, 0.2) is 52.7 Å². The largest absolute Gasteiger partial charge is 0.242 e. The zero-order valence-corrected chi connectivity index (χ0v) is 17.8. The van der Waals surface area contributed by atoms with Crippen LogP contribution in [-0.4, -0.2) is 29.6 Å². The molecule has 29 heavy (non-hydrogen) atoms. The van der Waals surface area contributed by atoms with Crippen LogP contribution in [0.2, 0.25) is 10.0 Å². The van der Waals surface area contributed by atoms with Crippen LogP contribution in [0.5, 0.6) is 0 Å². The number of thiazole rings is 1. The van der Waals surface area contributed by atoms with Gasteiger partial charge in [0.25, 0.3) is 0 Å². The van der Waals surface area contributed by atoms with Gasteiger partial charge in [0.15, 0.2) is 5.82 Å². The summed E-state index contributed by atoms with van der Waals surface area (Å²) >= 11 is 13.2. The van der Waals surface area contributed by atoms with Crippen LogP contribution in [-0.2, 0) is 16.4 Å². The highest BCUT2D eigenvalue weighted by molar-refractivity contribution is 7.89. The summed E-state index contributed by atoms with van der Waals surface area (Å²) in [5, 5.41) is 6.64. The number of rotatable bonds is 6. The maximum absolute atomic E-state index is 13.4. The standard InChI is InChI=1S/C18H13Cl2FN4O2S2/c19-12-4-5-15(20)16(9-12)29(26,27)22-7-6-14-10-28-18-23-17(24-25(14)18)11-2-1-3-13(21)8-11/h1-5,8-10,22H,6-7H2. The third-order valence-electron chi connectivity index (χ3n) is 4.09. The Labute approximate surface area is 180 Å². The Morgan fingerprint density at radius 3 is 2.79 bits per heavy atom. The number of hydrogen-bond donors (Lipinski definition) is 1. The molecular weight excluding hydrogens is 458 g/mol. The minimum Gasteiger partial charge on any atom is -0.211 e. The lowest BCUT2D eigenvalue weighted by atomic mass is 10.2. The fraction of sp³-hybridized carbons (Fsp3) is 0.111. The monoisotopic (exact) mass is 470 g/mol. The molecule has 0 aliphatic heterocycles. The van der Waals surface area contributed by atoms with E-state index in [1.807, 2.05) is 5.38 Å². The van der Waals surface area contributed by atoms with Crippen molar-refractivity contribution in [3.8, 4) is 11.4 Å². The number of hydrogen-bond acceptors (Lipinski definition) is 5. The lowest BCUT2D eigenvalue weighted by molar-refractivity contribution is 0.581. The van der Waals surface area contributed by atoms with E-state index in [9.17, 15) is 12.8 Å². The van der Waals surface area contributed by atoms with Gasteiger partial charge in [0, 0.05) is 28.9 Å². The highest BCUT2D eigenvalue weighted by atomic mass is 35.5. The number of benzene rings is 2. The number of nitrogens with zero attached hydrogens (tertiary/aromatic N) is 3. The smallest absolute Gasteiger partial charge is 0.211 e. The number of nitrogens with one attached hydrogen (secondary N) is 1. The molecule has 2 aromatic heterocycles. The Morgan fingerprint density at radius 1 is 1.17 bits per heavy atom. The summed E-state index contributed by atoms with van der Waals surface area (Å²) in [6.45, 7) is 0.131. The fourth-order valence-corrected chi connectivity index (χ4v) is 5.37. The van der Waals surface area contributed by atoms with E-state index in [0.717, 1.165) is 5.69 Å². The fourth-order valence-electron chi connectivity index (χ4n) is 2.72. The SMILES string of the molecule is O=S(=O)(NCCc1csc2nc(-c3cccc(F)c3)nn12)c1cc(Cl)ccc1Cl. The topological polar surface area (TPSA) is 76.4 Å². The van der Waals surface area contributed by atoms with Crippen molar-refractivity contribution in [1.29, 1.82) is 0 Å². The molecule has 6 nitrogen and oxygen atoms in total. The lowest BCUT2D eigenvalue weighted by Gasteiger charge is -2.08. The first-order valence-corrected chi connectivity index (χ1v) is 11.5. The average molecular weight is 471 g/mol. The molecule has 0 bridgehead atoms. The number of fused-ring (bicyclic) bond motifs is 1. The highest BCUT2D eigenvalue weighted by Gasteiger charge is 2.19. The Hall–Kier alpha value is -2.04. The third kappa shape index (κ3) is 4.29. The quantitative estimate of drug-likeness (QED) is 0.452. The van der Waals surface area contributed by atoms with E-state index in [4.69, 9.17) is 23.2 Å². The Morgan fingerprint density at radius 2 is 2.00 bits per heavy atom. The predicted octanol–water partition coefficient (Wildman–Crippen LogP) is 4.42. The molecular formula is C18H13Cl2FN4O2S2. The van der Waals surface area contributed by atoms with E-state index in [1.54, 1.807) is 16.6 Å². The van der Waals surface area contributed by atoms with Gasteiger partial charge in [0.2, 0.25) is 15.0 Å². The number of sulfonamides is 1. The highest BCUT2D eigenvalue weighted by Crippen LogP contribution is 2.25. The Bertz CT molecular complexity index is 1300. The molecule has 0 aliphatic rings. The third-order valence-corrected chi connectivity index (χ3v) is 7.13. The van der Waals surface area contributed by atoms with Crippen molar-refractivity contribution in [3.05, 3.63) is 69.4 Å². The molecule has 1 N–H and O–H groups in total. The van der Waals surface area contributed by atoms with Gasteiger partial charge in [-0.05, 0) is 30.3 Å². The average Bonchev–Trinajstić information content (AvgIpc) is 3.25. The lowest BCUT2D eigenvalue weighted by Crippen LogP contribution is -2.26. The minimum atomic E-state index is -3.81. The van der Waals surface area contributed by atoms with Crippen molar-refractivity contribution in [2.45, 2.75) is 11.3 Å². The Kier molecular flexibility index (Phi) is 5.58. The van der Waals surface area contributed by atoms with Crippen LogP contribution in [0.1, 0.15) is 5.69 Å². The van der Waals surface area contributed by atoms with E-state index in [0.29, 0.717) is 22.8 Å². The minimum absolute atomic E-state index is 0.0729. The second-order valence-corrected chi connectivity index (χ2v) is 9.51. The summed E-state index contributed by atoms with van der Waals surface area (Å²) in [5.74, 6) is 0.0406. The molecule has 4 rings (SSSR count).